The molecular weight excluding hydrogens is 272 g/mol. The van der Waals surface area contributed by atoms with E-state index in [2.05, 4.69) is 9.80 Å². The fraction of sp³-hybridized carbons (Fsp3) is 1.00. The van der Waals surface area contributed by atoms with Gasteiger partial charge >= 0.3 is 0 Å². The van der Waals surface area contributed by atoms with Gasteiger partial charge in [0.2, 0.25) is 0 Å². The van der Waals surface area contributed by atoms with Gasteiger partial charge in [-0.15, -0.1) is 0 Å². The molecule has 0 bridgehead atoms. The minimum atomic E-state index is -0.329. The van der Waals surface area contributed by atoms with Crippen LogP contribution in [0.1, 0.15) is 25.7 Å². The zero-order valence-corrected chi connectivity index (χ0v) is 14.1. The minimum Gasteiger partial charge on any atom is -0.392 e. The maximum atomic E-state index is 9.91. The summed E-state index contributed by atoms with van der Waals surface area (Å²) in [6.07, 6.45) is 2.60. The summed E-state index contributed by atoms with van der Waals surface area (Å²) < 4.78 is 9.95. The highest BCUT2D eigenvalue weighted by atomic mass is 16.5. The highest BCUT2D eigenvalue weighted by Gasteiger charge is 2.12. The van der Waals surface area contributed by atoms with Crippen molar-refractivity contribution in [1.82, 2.24) is 9.80 Å². The van der Waals surface area contributed by atoms with Crippen LogP contribution in [0.15, 0.2) is 0 Å². The molecule has 6 heteroatoms. The first-order chi connectivity index (χ1) is 9.99. The van der Waals surface area contributed by atoms with Crippen LogP contribution >= 0.6 is 0 Å². The summed E-state index contributed by atoms with van der Waals surface area (Å²) in [4.78, 5) is 4.14. The molecule has 2 N–H and O–H groups in total. The van der Waals surface area contributed by atoms with Gasteiger partial charge in [-0.2, -0.15) is 0 Å². The number of rotatable bonds is 14. The molecule has 128 valence electrons. The standard InChI is InChI=1S/C15H34N2O4/c1-16(11-14(18)7-5-9-20-3)13-17(2)12-15(19)8-6-10-21-4/h14-15,18-19H,5-13H2,1-4H3. The number of methoxy groups -OCH3 is 2. The van der Waals surface area contributed by atoms with Gasteiger partial charge < -0.3 is 19.7 Å². The SMILES string of the molecule is COCCCC(O)CN(C)CN(C)CC(O)CCCOC. The molecule has 0 saturated carbocycles. The van der Waals surface area contributed by atoms with E-state index in [1.54, 1.807) is 14.2 Å². The number of hydrogen-bond donors (Lipinski definition) is 2. The van der Waals surface area contributed by atoms with E-state index in [0.717, 1.165) is 32.4 Å². The van der Waals surface area contributed by atoms with Crippen molar-refractivity contribution in [3.63, 3.8) is 0 Å². The van der Waals surface area contributed by atoms with Gasteiger partial charge in [0.25, 0.3) is 0 Å². The second kappa shape index (κ2) is 13.4. The molecule has 0 aromatic rings. The Balaban J connectivity index is 3.74. The van der Waals surface area contributed by atoms with Crippen LogP contribution in [0.25, 0.3) is 0 Å². The molecule has 0 aliphatic heterocycles. The highest BCUT2D eigenvalue weighted by Crippen LogP contribution is 2.03. The summed E-state index contributed by atoms with van der Waals surface area (Å²) in [6.45, 7) is 3.37. The summed E-state index contributed by atoms with van der Waals surface area (Å²) in [5, 5.41) is 19.8. The van der Waals surface area contributed by atoms with Crippen LogP contribution in [-0.2, 0) is 9.47 Å². The molecule has 0 fully saturated rings. The maximum absolute atomic E-state index is 9.91. The lowest BCUT2D eigenvalue weighted by Gasteiger charge is -2.27. The normalized spacial score (nSPS) is 14.9. The minimum absolute atomic E-state index is 0.329. The molecular formula is C15H34N2O4. The molecule has 0 aromatic carbocycles. The van der Waals surface area contributed by atoms with Gasteiger partial charge in [0.15, 0.2) is 0 Å². The van der Waals surface area contributed by atoms with E-state index < -0.39 is 0 Å². The van der Waals surface area contributed by atoms with Crippen LogP contribution in [0.4, 0.5) is 0 Å². The van der Waals surface area contributed by atoms with Crippen LogP contribution < -0.4 is 0 Å². The third-order valence-corrected chi connectivity index (χ3v) is 3.30. The number of aliphatic hydroxyl groups is 2. The topological polar surface area (TPSA) is 65.4 Å². The quantitative estimate of drug-likeness (QED) is 0.357. The van der Waals surface area contributed by atoms with Crippen molar-refractivity contribution in [2.45, 2.75) is 37.9 Å². The van der Waals surface area contributed by atoms with Crippen molar-refractivity contribution in [1.29, 1.82) is 0 Å². The molecule has 0 radical (unpaired) electrons. The van der Waals surface area contributed by atoms with Crippen molar-refractivity contribution < 1.29 is 19.7 Å². The Morgan fingerprint density at radius 2 is 1.19 bits per heavy atom. The third-order valence-electron chi connectivity index (χ3n) is 3.30. The Morgan fingerprint density at radius 1 is 0.810 bits per heavy atom. The van der Waals surface area contributed by atoms with Crippen LogP contribution in [0.2, 0.25) is 0 Å². The summed E-state index contributed by atoms with van der Waals surface area (Å²) in [6, 6.07) is 0. The monoisotopic (exact) mass is 306 g/mol. The molecule has 2 atom stereocenters. The van der Waals surface area contributed by atoms with Crippen molar-refractivity contribution in [3.8, 4) is 0 Å². The van der Waals surface area contributed by atoms with E-state index in [1.165, 1.54) is 0 Å². The second-order valence-electron chi connectivity index (χ2n) is 5.80. The Hall–Kier alpha value is -0.240. The molecule has 0 saturated heterocycles. The molecule has 2 unspecified atom stereocenters. The Kier molecular flexibility index (Phi) is 13.3. The number of aliphatic hydroxyl groups excluding tert-OH is 2. The van der Waals surface area contributed by atoms with Gasteiger partial charge in [-0.3, -0.25) is 9.80 Å². The number of likely N-dealkylation sites (N-methyl/N-ethyl adjacent to an activating group) is 2. The van der Waals surface area contributed by atoms with Gasteiger partial charge in [-0.05, 0) is 39.8 Å². The van der Waals surface area contributed by atoms with Crippen LogP contribution in [-0.4, -0.2) is 93.5 Å². The second-order valence-corrected chi connectivity index (χ2v) is 5.80. The first kappa shape index (κ1) is 20.8. The zero-order valence-electron chi connectivity index (χ0n) is 14.1. The van der Waals surface area contributed by atoms with Gasteiger partial charge in [0, 0.05) is 40.5 Å². The summed E-state index contributed by atoms with van der Waals surface area (Å²) >= 11 is 0. The van der Waals surface area contributed by atoms with Crippen molar-refractivity contribution in [2.75, 3.05) is 61.3 Å². The van der Waals surface area contributed by atoms with Crippen molar-refractivity contribution >= 4 is 0 Å². The van der Waals surface area contributed by atoms with E-state index in [1.807, 2.05) is 14.1 Å². The average Bonchev–Trinajstić information content (AvgIpc) is 2.38. The van der Waals surface area contributed by atoms with Crippen molar-refractivity contribution in [2.24, 2.45) is 0 Å². The Bertz CT molecular complexity index is 210. The molecule has 0 spiro atoms. The lowest BCUT2D eigenvalue weighted by Crippen LogP contribution is -2.40. The number of nitrogens with zero attached hydrogens (tertiary/aromatic N) is 2. The first-order valence-corrected chi connectivity index (χ1v) is 7.70. The molecule has 0 aliphatic carbocycles. The predicted molar refractivity (Wildman–Crippen MR) is 84.4 cm³/mol. The Labute approximate surface area is 129 Å². The predicted octanol–water partition coefficient (Wildman–Crippen LogP) is 0.383. The van der Waals surface area contributed by atoms with Gasteiger partial charge in [-0.25, -0.2) is 0 Å². The molecule has 0 rings (SSSR count). The third kappa shape index (κ3) is 13.2. The number of hydrogen-bond acceptors (Lipinski definition) is 6. The number of ether oxygens (including phenoxy) is 2. The van der Waals surface area contributed by atoms with E-state index in [-0.39, 0.29) is 12.2 Å². The molecule has 0 aliphatic rings. The Morgan fingerprint density at radius 3 is 1.52 bits per heavy atom. The van der Waals surface area contributed by atoms with Gasteiger partial charge in [0.1, 0.15) is 0 Å². The lowest BCUT2D eigenvalue weighted by molar-refractivity contribution is 0.0563. The smallest absolute Gasteiger partial charge is 0.0668 e. The zero-order chi connectivity index (χ0) is 16.1. The summed E-state index contributed by atoms with van der Waals surface area (Å²) in [5.41, 5.74) is 0. The molecule has 21 heavy (non-hydrogen) atoms. The molecule has 0 amide bonds. The molecule has 0 heterocycles. The first-order valence-electron chi connectivity index (χ1n) is 7.70. The highest BCUT2D eigenvalue weighted by molar-refractivity contribution is 4.65. The van der Waals surface area contributed by atoms with Crippen LogP contribution in [0.3, 0.4) is 0 Å². The fourth-order valence-corrected chi connectivity index (χ4v) is 2.36. The largest absolute Gasteiger partial charge is 0.392 e. The summed E-state index contributed by atoms with van der Waals surface area (Å²) in [5.74, 6) is 0. The van der Waals surface area contributed by atoms with Gasteiger partial charge in [-0.1, -0.05) is 0 Å². The molecule has 0 aromatic heterocycles. The van der Waals surface area contributed by atoms with Crippen molar-refractivity contribution in [3.05, 3.63) is 0 Å². The van der Waals surface area contributed by atoms with Gasteiger partial charge in [0.05, 0.1) is 18.9 Å². The van der Waals surface area contributed by atoms with E-state index in [4.69, 9.17) is 9.47 Å². The lowest BCUT2D eigenvalue weighted by atomic mass is 10.2. The van der Waals surface area contributed by atoms with E-state index in [0.29, 0.717) is 26.3 Å². The van der Waals surface area contributed by atoms with E-state index >= 15 is 0 Å². The molecule has 6 nitrogen and oxygen atoms in total. The fourth-order valence-electron chi connectivity index (χ4n) is 2.36. The maximum Gasteiger partial charge on any atom is 0.0668 e. The average molecular weight is 306 g/mol. The summed E-state index contributed by atoms with van der Waals surface area (Å²) in [7, 11) is 7.30. The van der Waals surface area contributed by atoms with Crippen LogP contribution in [0, 0.1) is 0 Å². The van der Waals surface area contributed by atoms with E-state index in [9.17, 15) is 10.2 Å². The van der Waals surface area contributed by atoms with Crippen LogP contribution in [0.5, 0.6) is 0 Å².